The summed E-state index contributed by atoms with van der Waals surface area (Å²) in [6, 6.07) is 0. The third-order valence-corrected chi connectivity index (χ3v) is 0. The van der Waals surface area contributed by atoms with Crippen molar-refractivity contribution in [1.82, 2.24) is 0 Å². The van der Waals surface area contributed by atoms with Gasteiger partial charge < -0.3 is 0 Å². The quantitative estimate of drug-likeness (QED) is 0.310. The topological polar surface area (TPSA) is 0 Å². The first-order chi connectivity index (χ1) is 0. The molecule has 12 radical (unpaired) electrons. The minimum atomic E-state index is 0. The molecule has 0 N–H and O–H groups in total. The summed E-state index contributed by atoms with van der Waals surface area (Å²) in [7, 11) is 0. The van der Waals surface area contributed by atoms with Crippen molar-refractivity contribution in [2.75, 3.05) is 0 Å². The van der Waals surface area contributed by atoms with Crippen molar-refractivity contribution in [1.29, 1.82) is 0 Å². The van der Waals surface area contributed by atoms with Crippen molar-refractivity contribution >= 4 is 77.4 Å². The van der Waals surface area contributed by atoms with Gasteiger partial charge in [-0.25, -0.2) is 0 Å². The molecule has 0 aliphatic heterocycles. The van der Waals surface area contributed by atoms with Crippen molar-refractivity contribution in [3.8, 4) is 0 Å². The molecular formula is BiCuPbSn. The van der Waals surface area contributed by atoms with E-state index in [4.69, 9.17) is 0 Å². The van der Waals surface area contributed by atoms with Crippen LogP contribution in [0.4, 0.5) is 0 Å². The van der Waals surface area contributed by atoms with Crippen LogP contribution in [-0.4, -0.2) is 77.4 Å². The Morgan fingerprint density at radius 1 is 1.00 bits per heavy atom. The van der Waals surface area contributed by atoms with Crippen LogP contribution in [0.1, 0.15) is 0 Å². The first-order valence-electron chi connectivity index (χ1n) is 0. The molecule has 0 bridgehead atoms. The van der Waals surface area contributed by atoms with Crippen LogP contribution in [0.2, 0.25) is 0 Å². The maximum Gasteiger partial charge on any atom is 0 e. The smallest absolute Gasteiger partial charge is 0 e. The van der Waals surface area contributed by atoms with E-state index < -0.39 is 0 Å². The Morgan fingerprint density at radius 3 is 1.00 bits per heavy atom. The second-order valence-corrected chi connectivity index (χ2v) is 0. The van der Waals surface area contributed by atoms with Gasteiger partial charge >= 0.3 is 0 Å². The molecule has 0 nitrogen and oxygen atoms in total. The van der Waals surface area contributed by atoms with Crippen molar-refractivity contribution in [3.05, 3.63) is 0 Å². The van der Waals surface area contributed by atoms with Gasteiger partial charge in [0.1, 0.15) is 0 Å². The zero-order valence-electron chi connectivity index (χ0n) is 1.75. The molecule has 0 aromatic heterocycles. The number of hydrogen-bond donors (Lipinski definition) is 0. The van der Waals surface area contributed by atoms with E-state index in [1.165, 1.54) is 0 Å². The Labute approximate surface area is 92.6 Å². The Hall–Kier alpha value is 3.12. The molecule has 24 valence electrons. The maximum absolute atomic E-state index is 0. The number of rotatable bonds is 0. The second-order valence-electron chi connectivity index (χ2n) is 0. The van der Waals surface area contributed by atoms with Crippen LogP contribution < -0.4 is 0 Å². The molecule has 0 heterocycles. The van der Waals surface area contributed by atoms with Crippen molar-refractivity contribution < 1.29 is 17.1 Å². The van der Waals surface area contributed by atoms with Crippen LogP contribution in [0.3, 0.4) is 0 Å². The molecule has 0 aromatic rings. The van der Waals surface area contributed by atoms with Gasteiger partial charge in [0.2, 0.25) is 0 Å². The Bertz CT molecular complexity index is 8.00. The fourth-order valence-electron chi connectivity index (χ4n) is 0. The molecule has 0 aromatic carbocycles. The molecule has 0 aliphatic rings. The van der Waals surface area contributed by atoms with Crippen LogP contribution in [-0.2, 0) is 17.1 Å². The van der Waals surface area contributed by atoms with Gasteiger partial charge in [0.25, 0.3) is 0 Å². The van der Waals surface area contributed by atoms with Gasteiger partial charge in [-0.1, -0.05) is 0 Å². The monoisotopic (exact) mass is 600 g/mol. The zero-order valence-corrected chi connectivity index (χ0v) is 12.9. The summed E-state index contributed by atoms with van der Waals surface area (Å²) in [5.41, 5.74) is 0. The average Bonchev–Trinajstić information content (AvgIpc) is 0. The van der Waals surface area contributed by atoms with E-state index in [9.17, 15) is 0 Å². The summed E-state index contributed by atoms with van der Waals surface area (Å²) in [5.74, 6) is 0. The molecule has 0 unspecified atom stereocenters. The van der Waals surface area contributed by atoms with E-state index in [1.54, 1.807) is 0 Å². The fraction of sp³-hybridized carbons (Fsp3) is 0. The fourth-order valence-corrected chi connectivity index (χ4v) is 0. The largest absolute Gasteiger partial charge is 0 e. The number of hydrogen-bond acceptors (Lipinski definition) is 0. The van der Waals surface area contributed by atoms with Gasteiger partial charge in [0.15, 0.2) is 0 Å². The minimum absolute atomic E-state index is 0. The van der Waals surface area contributed by atoms with Crippen molar-refractivity contribution in [2.45, 2.75) is 0 Å². The van der Waals surface area contributed by atoms with Gasteiger partial charge in [-0.3, -0.25) is 0 Å². The van der Waals surface area contributed by atoms with E-state index in [0.29, 0.717) is 0 Å². The average molecular weight is 598 g/mol. The molecule has 0 rings (SSSR count). The van der Waals surface area contributed by atoms with E-state index in [0.717, 1.165) is 0 Å². The molecule has 0 fully saturated rings. The van der Waals surface area contributed by atoms with Gasteiger partial charge in [-0.2, -0.15) is 0 Å². The van der Waals surface area contributed by atoms with Gasteiger partial charge in [0, 0.05) is 94.5 Å². The third kappa shape index (κ3) is 8.93. The van der Waals surface area contributed by atoms with Crippen LogP contribution in [0, 0.1) is 0 Å². The van der Waals surface area contributed by atoms with Crippen molar-refractivity contribution in [3.63, 3.8) is 0 Å². The predicted molar refractivity (Wildman–Crippen MR) is 17.3 cm³/mol. The summed E-state index contributed by atoms with van der Waals surface area (Å²) in [6.07, 6.45) is 0. The Kier molecular flexibility index (Phi) is 113. The minimum Gasteiger partial charge on any atom is 0 e. The molecular weight excluding hydrogens is 598 g/mol. The molecule has 0 saturated carbocycles. The molecule has 0 saturated heterocycles. The Morgan fingerprint density at radius 2 is 1.00 bits per heavy atom. The molecule has 0 spiro atoms. The van der Waals surface area contributed by atoms with E-state index in [1.807, 2.05) is 0 Å². The molecule has 0 amide bonds. The van der Waals surface area contributed by atoms with Crippen LogP contribution >= 0.6 is 0 Å². The van der Waals surface area contributed by atoms with Gasteiger partial charge in [0.05, 0.1) is 0 Å². The molecule has 4 heteroatoms. The standard InChI is InChI=1S/Bi.Cu.Pb.Sn. The van der Waals surface area contributed by atoms with Crippen LogP contribution in [0.15, 0.2) is 0 Å². The second kappa shape index (κ2) is 16.5. The summed E-state index contributed by atoms with van der Waals surface area (Å²) in [6.45, 7) is 0. The molecule has 0 aliphatic carbocycles. The van der Waals surface area contributed by atoms with Crippen LogP contribution in [0.25, 0.3) is 0 Å². The first-order valence-corrected chi connectivity index (χ1v) is 0. The van der Waals surface area contributed by atoms with E-state index in [2.05, 4.69) is 0 Å². The summed E-state index contributed by atoms with van der Waals surface area (Å²) >= 11 is 0. The summed E-state index contributed by atoms with van der Waals surface area (Å²) < 4.78 is 0. The van der Waals surface area contributed by atoms with Gasteiger partial charge in [-0.05, 0) is 0 Å². The Balaban J connectivity index is 0. The third-order valence-electron chi connectivity index (χ3n) is 0. The summed E-state index contributed by atoms with van der Waals surface area (Å²) in [4.78, 5) is 0. The van der Waals surface area contributed by atoms with Crippen molar-refractivity contribution in [2.24, 2.45) is 0 Å². The summed E-state index contributed by atoms with van der Waals surface area (Å²) in [5, 5.41) is 0. The van der Waals surface area contributed by atoms with Crippen LogP contribution in [0.5, 0.6) is 0 Å². The normalized spacial score (nSPS) is 0. The zero-order chi connectivity index (χ0) is 0. The first kappa shape index (κ1) is 27.4. The van der Waals surface area contributed by atoms with Gasteiger partial charge in [-0.15, -0.1) is 0 Å². The maximum atomic E-state index is 0. The predicted octanol–water partition coefficient (Wildman–Crippen LogP) is -1.14. The SMILES string of the molecule is [Bi].[Cu].[Pb].[Sn]. The molecule has 4 heavy (non-hydrogen) atoms. The van der Waals surface area contributed by atoms with E-state index in [-0.39, 0.29) is 94.5 Å². The molecule has 0 atom stereocenters. The van der Waals surface area contributed by atoms with E-state index >= 15 is 0 Å².